The van der Waals surface area contributed by atoms with Crippen LogP contribution in [0.4, 0.5) is 11.4 Å². The largest absolute Gasteiger partial charge is 0.506 e. The lowest BCUT2D eigenvalue weighted by Crippen LogP contribution is -2.58. The summed E-state index contributed by atoms with van der Waals surface area (Å²) < 4.78 is 0.661. The molecule has 0 bridgehead atoms. The van der Waals surface area contributed by atoms with Crippen LogP contribution in [0.25, 0.3) is 0 Å². The average molecular weight is 356 g/mol. The maximum Gasteiger partial charge on any atom is 0.279 e. The smallest absolute Gasteiger partial charge is 0.279 e. The Morgan fingerprint density at radius 2 is 1.88 bits per heavy atom. The molecular formula is C16H24ClN4O3+. The van der Waals surface area contributed by atoms with Crippen molar-refractivity contribution in [3.63, 3.8) is 0 Å². The van der Waals surface area contributed by atoms with Gasteiger partial charge in [0, 0.05) is 26.1 Å². The third-order valence-electron chi connectivity index (χ3n) is 4.24. The number of benzene rings is 1. The molecule has 2 rings (SSSR count). The van der Waals surface area contributed by atoms with Gasteiger partial charge in [-0.05, 0) is 13.1 Å². The number of phenols is 1. The molecule has 0 aliphatic carbocycles. The second-order valence-electron chi connectivity index (χ2n) is 6.61. The van der Waals surface area contributed by atoms with Gasteiger partial charge in [-0.1, -0.05) is 11.6 Å². The molecule has 1 aromatic carbocycles. The number of anilines is 2. The number of hydrogen-bond donors (Lipinski definition) is 3. The number of likely N-dealkylation sites (N-methyl/N-ethyl adjacent to an activating group) is 2. The highest BCUT2D eigenvalue weighted by molar-refractivity contribution is 6.34. The second-order valence-corrected chi connectivity index (χ2v) is 7.01. The Labute approximate surface area is 146 Å². The van der Waals surface area contributed by atoms with Crippen molar-refractivity contribution in [2.75, 3.05) is 57.5 Å². The normalized spacial score (nSPS) is 17.3. The number of nitrogens with zero attached hydrogens (tertiary/aromatic N) is 2. The van der Waals surface area contributed by atoms with E-state index in [9.17, 15) is 14.7 Å². The van der Waals surface area contributed by atoms with Crippen molar-refractivity contribution in [1.29, 1.82) is 0 Å². The first-order chi connectivity index (χ1) is 11.2. The van der Waals surface area contributed by atoms with E-state index in [0.29, 0.717) is 16.7 Å². The van der Waals surface area contributed by atoms with E-state index in [1.54, 1.807) is 0 Å². The molecule has 0 saturated carbocycles. The first kappa shape index (κ1) is 18.5. The molecule has 1 aliphatic rings. The molecule has 7 nitrogen and oxygen atoms in total. The zero-order valence-electron chi connectivity index (χ0n) is 14.2. The highest BCUT2D eigenvalue weighted by Crippen LogP contribution is 2.33. The third-order valence-corrected chi connectivity index (χ3v) is 4.55. The highest BCUT2D eigenvalue weighted by atomic mass is 35.5. The summed E-state index contributed by atoms with van der Waals surface area (Å²) in [5.74, 6) is -0.612. The van der Waals surface area contributed by atoms with E-state index in [2.05, 4.69) is 29.6 Å². The van der Waals surface area contributed by atoms with Crippen LogP contribution in [0.2, 0.25) is 5.02 Å². The maximum atomic E-state index is 12.3. The Morgan fingerprint density at radius 1 is 1.25 bits per heavy atom. The minimum absolute atomic E-state index is 0.141. The molecule has 0 aromatic heterocycles. The summed E-state index contributed by atoms with van der Waals surface area (Å²) in [6.45, 7) is 5.39. The van der Waals surface area contributed by atoms with Crippen molar-refractivity contribution < 1.29 is 19.2 Å². The van der Waals surface area contributed by atoms with Gasteiger partial charge in [-0.2, -0.15) is 0 Å². The predicted octanol–water partition coefficient (Wildman–Crippen LogP) is 1.33. The maximum absolute atomic E-state index is 12.3. The van der Waals surface area contributed by atoms with E-state index in [4.69, 9.17) is 11.6 Å². The van der Waals surface area contributed by atoms with Gasteiger partial charge in [0.15, 0.2) is 6.54 Å². The Morgan fingerprint density at radius 3 is 2.46 bits per heavy atom. The zero-order valence-corrected chi connectivity index (χ0v) is 15.0. The van der Waals surface area contributed by atoms with Gasteiger partial charge in [-0.25, -0.2) is 0 Å². The summed E-state index contributed by atoms with van der Waals surface area (Å²) in [5.41, 5.74) is 0.539. The average Bonchev–Trinajstić information content (AvgIpc) is 2.47. The van der Waals surface area contributed by atoms with E-state index in [1.807, 2.05) is 0 Å². The number of amides is 2. The standard InChI is InChI=1S/C16H23ClN4O3/c1-11(22)18-13-9-15(23)14(8-12(13)17)19-16(24)10-21(3)6-4-20(2)5-7-21/h8-9H,4-7,10H2,1-3H3,(H2-,18,19,22,23,24)/p+1. The molecular weight excluding hydrogens is 332 g/mol. The topological polar surface area (TPSA) is 81.7 Å². The second kappa shape index (κ2) is 7.38. The molecule has 3 N–H and O–H groups in total. The number of hydrogen-bond acceptors (Lipinski definition) is 4. The molecule has 0 atom stereocenters. The minimum atomic E-state index is -0.291. The number of rotatable bonds is 4. The van der Waals surface area contributed by atoms with Gasteiger partial charge >= 0.3 is 0 Å². The van der Waals surface area contributed by atoms with Gasteiger partial charge in [-0.15, -0.1) is 0 Å². The lowest BCUT2D eigenvalue weighted by atomic mass is 10.2. The van der Waals surface area contributed by atoms with Crippen molar-refractivity contribution in [1.82, 2.24) is 4.90 Å². The molecule has 8 heteroatoms. The number of piperazine rings is 1. The molecule has 1 aliphatic heterocycles. The fourth-order valence-electron chi connectivity index (χ4n) is 2.69. The molecule has 24 heavy (non-hydrogen) atoms. The van der Waals surface area contributed by atoms with Crippen LogP contribution in [0.1, 0.15) is 6.92 Å². The molecule has 0 unspecified atom stereocenters. The number of quaternary nitrogens is 1. The monoisotopic (exact) mass is 355 g/mol. The number of carbonyl (C=O) groups excluding carboxylic acids is 2. The summed E-state index contributed by atoms with van der Waals surface area (Å²) in [6.07, 6.45) is 0. The summed E-state index contributed by atoms with van der Waals surface area (Å²) in [7, 11) is 4.12. The quantitative estimate of drug-likeness (QED) is 0.562. The molecule has 0 spiro atoms. The zero-order chi connectivity index (χ0) is 17.9. The van der Waals surface area contributed by atoms with Crippen LogP contribution in [-0.4, -0.2) is 73.1 Å². The van der Waals surface area contributed by atoms with Crippen molar-refractivity contribution in [3.8, 4) is 5.75 Å². The van der Waals surface area contributed by atoms with Crippen molar-refractivity contribution in [2.24, 2.45) is 0 Å². The summed E-state index contributed by atoms with van der Waals surface area (Å²) in [5, 5.41) is 15.5. The number of halogens is 1. The van der Waals surface area contributed by atoms with Crippen LogP contribution >= 0.6 is 11.6 Å². The number of phenolic OH excluding ortho intramolecular Hbond substituents is 1. The number of aromatic hydroxyl groups is 1. The van der Waals surface area contributed by atoms with Crippen LogP contribution < -0.4 is 10.6 Å². The highest BCUT2D eigenvalue weighted by Gasteiger charge is 2.30. The number of carbonyl (C=O) groups is 2. The molecule has 1 fully saturated rings. The van der Waals surface area contributed by atoms with Gasteiger partial charge in [-0.3, -0.25) is 14.5 Å². The first-order valence-corrected chi connectivity index (χ1v) is 8.18. The van der Waals surface area contributed by atoms with Gasteiger partial charge in [0.2, 0.25) is 5.91 Å². The first-order valence-electron chi connectivity index (χ1n) is 7.80. The molecule has 0 radical (unpaired) electrons. The molecule has 1 saturated heterocycles. The Balaban J connectivity index is 2.03. The van der Waals surface area contributed by atoms with Crippen LogP contribution in [0.5, 0.6) is 5.75 Å². The minimum Gasteiger partial charge on any atom is -0.506 e. The fraction of sp³-hybridized carbons (Fsp3) is 0.500. The van der Waals surface area contributed by atoms with Gasteiger partial charge < -0.3 is 20.2 Å². The summed E-state index contributed by atoms with van der Waals surface area (Å²) >= 11 is 6.08. The van der Waals surface area contributed by atoms with E-state index < -0.39 is 0 Å². The summed E-state index contributed by atoms with van der Waals surface area (Å²) in [6, 6.07) is 2.76. The molecule has 2 amide bonds. The Kier molecular flexibility index (Phi) is 5.69. The summed E-state index contributed by atoms with van der Waals surface area (Å²) in [4.78, 5) is 25.7. The SMILES string of the molecule is CC(=O)Nc1cc(O)c(NC(=O)C[N+]2(C)CCN(C)CC2)cc1Cl. The van der Waals surface area contributed by atoms with Crippen LogP contribution in [0, 0.1) is 0 Å². The van der Waals surface area contributed by atoms with Crippen molar-refractivity contribution in [2.45, 2.75) is 6.92 Å². The van der Waals surface area contributed by atoms with E-state index in [0.717, 1.165) is 26.2 Å². The number of nitrogens with one attached hydrogen (secondary N) is 2. The lowest BCUT2D eigenvalue weighted by molar-refractivity contribution is -0.905. The van der Waals surface area contributed by atoms with Gasteiger partial charge in [0.25, 0.3) is 5.91 Å². The van der Waals surface area contributed by atoms with Crippen LogP contribution in [0.3, 0.4) is 0 Å². The van der Waals surface area contributed by atoms with E-state index in [-0.39, 0.29) is 28.3 Å². The van der Waals surface area contributed by atoms with Crippen molar-refractivity contribution >= 4 is 34.8 Å². The van der Waals surface area contributed by atoms with E-state index in [1.165, 1.54) is 19.1 Å². The molecule has 132 valence electrons. The van der Waals surface area contributed by atoms with Gasteiger partial charge in [0.1, 0.15) is 5.75 Å². The Bertz CT molecular complexity index is 642. The van der Waals surface area contributed by atoms with Crippen molar-refractivity contribution in [3.05, 3.63) is 17.2 Å². The van der Waals surface area contributed by atoms with Gasteiger partial charge in [0.05, 0.1) is 36.5 Å². The Hall–Kier alpha value is -1.83. The predicted molar refractivity (Wildman–Crippen MR) is 94.3 cm³/mol. The molecule has 1 heterocycles. The fourth-order valence-corrected chi connectivity index (χ4v) is 2.90. The van der Waals surface area contributed by atoms with Crippen LogP contribution in [0.15, 0.2) is 12.1 Å². The lowest BCUT2D eigenvalue weighted by Gasteiger charge is -2.40. The third kappa shape index (κ3) is 4.83. The van der Waals surface area contributed by atoms with E-state index >= 15 is 0 Å². The van der Waals surface area contributed by atoms with Crippen LogP contribution in [-0.2, 0) is 9.59 Å². The molecule has 1 aromatic rings.